The predicted octanol–water partition coefficient (Wildman–Crippen LogP) is 8.31. The maximum Gasteiger partial charge on any atom is 0.256 e. The molecule has 2 aromatic carbocycles. The normalized spacial score (nSPS) is 26.3. The molecule has 0 bridgehead atoms. The van der Waals surface area contributed by atoms with Crippen LogP contribution in [0.2, 0.25) is 5.02 Å². The Kier molecular flexibility index (Phi) is 7.63. The first-order valence-corrected chi connectivity index (χ1v) is 13.7. The fraction of sp³-hybridized carbons (Fsp3) is 0.552. The van der Waals surface area contributed by atoms with Crippen LogP contribution in [-0.2, 0) is 23.2 Å². The van der Waals surface area contributed by atoms with Crippen LogP contribution in [0.4, 0.5) is 0 Å². The van der Waals surface area contributed by atoms with Crippen LogP contribution in [0.3, 0.4) is 0 Å². The molecule has 2 aromatic rings. The molecular weight excluding hydrogens is 485 g/mol. The lowest BCUT2D eigenvalue weighted by atomic mass is 9.49. The zero-order chi connectivity index (χ0) is 24.7. The summed E-state index contributed by atoms with van der Waals surface area (Å²) in [5, 5.41) is 0.659. The van der Waals surface area contributed by atoms with Gasteiger partial charge in [-0.1, -0.05) is 105 Å². The highest BCUT2D eigenvalue weighted by molar-refractivity contribution is 6.53. The summed E-state index contributed by atoms with van der Waals surface area (Å²) in [5.74, 6) is 0.780. The molecule has 0 heterocycles. The number of carbonyl (C=O) groups excluding carboxylic acids is 1. The second kappa shape index (κ2) is 10.0. The highest BCUT2D eigenvalue weighted by Gasteiger charge is 2.52. The van der Waals surface area contributed by atoms with Gasteiger partial charge in [-0.25, -0.2) is 0 Å². The largest absolute Gasteiger partial charge is 0.335 e. The predicted molar refractivity (Wildman–Crippen MR) is 144 cm³/mol. The molecule has 4 rings (SSSR count). The van der Waals surface area contributed by atoms with Gasteiger partial charge in [-0.15, -0.1) is 0 Å². The van der Waals surface area contributed by atoms with Crippen LogP contribution in [-0.4, -0.2) is 22.2 Å². The zero-order valence-corrected chi connectivity index (χ0v) is 23.0. The van der Waals surface area contributed by atoms with E-state index in [1.54, 1.807) is 0 Å². The number of nitrogens with zero attached hydrogens (tertiary/aromatic N) is 1. The van der Waals surface area contributed by atoms with Gasteiger partial charge in [0.2, 0.25) is 0 Å². The molecule has 34 heavy (non-hydrogen) atoms. The first kappa shape index (κ1) is 25.9. The Morgan fingerprint density at radius 3 is 2.53 bits per heavy atom. The third-order valence-electron chi connectivity index (χ3n) is 8.54. The Bertz CT molecular complexity index is 1050. The fourth-order valence-electron chi connectivity index (χ4n) is 6.81. The second-order valence-electron chi connectivity index (χ2n) is 11.2. The van der Waals surface area contributed by atoms with E-state index in [4.69, 9.17) is 34.8 Å². The van der Waals surface area contributed by atoms with E-state index in [9.17, 15) is 4.79 Å². The molecule has 3 unspecified atom stereocenters. The van der Waals surface area contributed by atoms with E-state index in [1.807, 2.05) is 29.2 Å². The maximum absolute atomic E-state index is 13.1. The highest BCUT2D eigenvalue weighted by Crippen LogP contribution is 2.57. The van der Waals surface area contributed by atoms with Crippen LogP contribution >= 0.6 is 34.8 Å². The molecule has 2 aliphatic rings. The molecular formula is C29H36Cl3NO. The number of fused-ring (bicyclic) bond motifs is 3. The van der Waals surface area contributed by atoms with Gasteiger partial charge in [0.25, 0.3) is 5.91 Å². The molecule has 2 nitrogen and oxygen atoms in total. The zero-order valence-electron chi connectivity index (χ0n) is 20.7. The SMILES string of the molecule is CC(C)c1ccc2c(c1)CCC1C(C)(CN(Cc3ccccc3Cl)C(=O)C(Cl)Cl)CCCC21C. The summed E-state index contributed by atoms with van der Waals surface area (Å²) >= 11 is 18.7. The van der Waals surface area contributed by atoms with Crippen LogP contribution in [0.25, 0.3) is 0 Å². The van der Waals surface area contributed by atoms with E-state index >= 15 is 0 Å². The van der Waals surface area contributed by atoms with Crippen molar-refractivity contribution in [2.24, 2.45) is 11.3 Å². The summed E-state index contributed by atoms with van der Waals surface area (Å²) in [7, 11) is 0. The fourth-order valence-corrected chi connectivity index (χ4v) is 7.28. The first-order chi connectivity index (χ1) is 16.0. The molecule has 0 N–H and O–H groups in total. The molecule has 1 amide bonds. The Labute approximate surface area is 220 Å². The highest BCUT2D eigenvalue weighted by atomic mass is 35.5. The van der Waals surface area contributed by atoms with Crippen molar-refractivity contribution in [1.29, 1.82) is 0 Å². The molecule has 0 spiro atoms. The summed E-state index contributed by atoms with van der Waals surface area (Å²) in [5.41, 5.74) is 5.45. The van der Waals surface area contributed by atoms with E-state index in [2.05, 4.69) is 45.9 Å². The van der Waals surface area contributed by atoms with Crippen LogP contribution < -0.4 is 0 Å². The van der Waals surface area contributed by atoms with Gasteiger partial charge in [-0.3, -0.25) is 4.79 Å². The molecule has 3 atom stereocenters. The Morgan fingerprint density at radius 1 is 1.12 bits per heavy atom. The van der Waals surface area contributed by atoms with Crippen molar-refractivity contribution >= 4 is 40.7 Å². The summed E-state index contributed by atoms with van der Waals surface area (Å²) in [6.45, 7) is 10.4. The average molecular weight is 521 g/mol. The third-order valence-corrected chi connectivity index (χ3v) is 9.28. The minimum Gasteiger partial charge on any atom is -0.335 e. The summed E-state index contributed by atoms with van der Waals surface area (Å²) < 4.78 is 0. The van der Waals surface area contributed by atoms with E-state index in [1.165, 1.54) is 23.1 Å². The van der Waals surface area contributed by atoms with Gasteiger partial charge in [0, 0.05) is 18.1 Å². The molecule has 1 saturated carbocycles. The number of aryl methyl sites for hydroxylation is 1. The minimum absolute atomic E-state index is 0.0268. The monoisotopic (exact) mass is 519 g/mol. The van der Waals surface area contributed by atoms with Crippen LogP contribution in [0.1, 0.15) is 81.5 Å². The molecule has 0 radical (unpaired) electrons. The lowest BCUT2D eigenvalue weighted by Gasteiger charge is -2.56. The molecule has 0 saturated heterocycles. The average Bonchev–Trinajstić information content (AvgIpc) is 2.79. The molecule has 0 aromatic heterocycles. The van der Waals surface area contributed by atoms with Crippen molar-refractivity contribution in [3.8, 4) is 0 Å². The van der Waals surface area contributed by atoms with Gasteiger partial charge >= 0.3 is 0 Å². The van der Waals surface area contributed by atoms with Crippen molar-refractivity contribution < 1.29 is 4.79 Å². The maximum atomic E-state index is 13.1. The molecule has 1 fully saturated rings. The van der Waals surface area contributed by atoms with Crippen molar-refractivity contribution in [3.05, 3.63) is 69.7 Å². The third kappa shape index (κ3) is 4.88. The Morgan fingerprint density at radius 2 is 1.85 bits per heavy atom. The van der Waals surface area contributed by atoms with Gasteiger partial charge in [0.1, 0.15) is 0 Å². The summed E-state index contributed by atoms with van der Waals surface area (Å²) in [6, 6.07) is 14.8. The number of hydrogen-bond acceptors (Lipinski definition) is 1. The topological polar surface area (TPSA) is 20.3 Å². The van der Waals surface area contributed by atoms with E-state index in [-0.39, 0.29) is 16.7 Å². The number of rotatable bonds is 6. The number of amides is 1. The van der Waals surface area contributed by atoms with Gasteiger partial charge in [0.05, 0.1) is 0 Å². The van der Waals surface area contributed by atoms with E-state index in [0.29, 0.717) is 29.9 Å². The lowest BCUT2D eigenvalue weighted by molar-refractivity contribution is -0.133. The molecule has 0 aliphatic heterocycles. The van der Waals surface area contributed by atoms with Crippen molar-refractivity contribution in [3.63, 3.8) is 0 Å². The Hall–Kier alpha value is -1.22. The first-order valence-electron chi connectivity index (χ1n) is 12.5. The second-order valence-corrected chi connectivity index (χ2v) is 12.7. The van der Waals surface area contributed by atoms with Crippen molar-refractivity contribution in [2.45, 2.75) is 82.5 Å². The smallest absolute Gasteiger partial charge is 0.256 e. The van der Waals surface area contributed by atoms with Gasteiger partial charge in [0.15, 0.2) is 4.84 Å². The quantitative estimate of drug-likeness (QED) is 0.351. The standard InChI is InChI=1S/C29H36Cl3NO/c1-19(2)20-10-12-23-21(16-20)11-13-25-28(3,14-7-15-29(23,25)4)18-33(27(34)26(31)32)17-22-8-5-6-9-24(22)30/h5-6,8-10,12,16,19,25-26H,7,11,13-15,17-18H2,1-4H3. The van der Waals surface area contributed by atoms with Gasteiger partial charge in [-0.05, 0) is 76.7 Å². The van der Waals surface area contributed by atoms with Crippen LogP contribution in [0.15, 0.2) is 42.5 Å². The number of alkyl halides is 2. The van der Waals surface area contributed by atoms with Crippen LogP contribution in [0, 0.1) is 11.3 Å². The Balaban J connectivity index is 1.66. The molecule has 2 aliphatic carbocycles. The molecule has 5 heteroatoms. The molecule has 184 valence electrons. The number of hydrogen-bond donors (Lipinski definition) is 0. The van der Waals surface area contributed by atoms with E-state index in [0.717, 1.165) is 31.2 Å². The van der Waals surface area contributed by atoms with Crippen molar-refractivity contribution in [1.82, 2.24) is 4.90 Å². The summed E-state index contributed by atoms with van der Waals surface area (Å²) in [4.78, 5) is 13.9. The van der Waals surface area contributed by atoms with Gasteiger partial charge in [-0.2, -0.15) is 0 Å². The van der Waals surface area contributed by atoms with Crippen LogP contribution in [0.5, 0.6) is 0 Å². The number of halogens is 3. The summed E-state index contributed by atoms with van der Waals surface area (Å²) in [6.07, 6.45) is 5.66. The van der Waals surface area contributed by atoms with Crippen molar-refractivity contribution in [2.75, 3.05) is 6.54 Å². The van der Waals surface area contributed by atoms with E-state index < -0.39 is 4.84 Å². The number of carbonyl (C=O) groups is 1. The van der Waals surface area contributed by atoms with Gasteiger partial charge < -0.3 is 4.90 Å². The lowest BCUT2D eigenvalue weighted by Crippen LogP contribution is -2.54. The number of benzene rings is 2. The minimum atomic E-state index is -1.08.